The van der Waals surface area contributed by atoms with Gasteiger partial charge in [-0.25, -0.2) is 0 Å². The predicted octanol–water partition coefficient (Wildman–Crippen LogP) is 1.29. The lowest BCUT2D eigenvalue weighted by molar-refractivity contribution is 0.0272. The molecule has 5 heteroatoms. The minimum absolute atomic E-state index is 0.183. The van der Waals surface area contributed by atoms with Gasteiger partial charge in [0.15, 0.2) is 0 Å². The summed E-state index contributed by atoms with van der Waals surface area (Å²) < 4.78 is 5.96. The highest BCUT2D eigenvalue weighted by molar-refractivity contribution is 5.15. The Balaban J connectivity index is 1.39. The van der Waals surface area contributed by atoms with Gasteiger partial charge in [0.25, 0.3) is 0 Å². The predicted molar refractivity (Wildman–Crippen MR) is 85.9 cm³/mol. The van der Waals surface area contributed by atoms with Crippen LogP contribution in [-0.2, 0) is 0 Å². The standard InChI is InChI=1S/C17H27N3O2/c21-17(14-3-8-18-9-4-14)13-20-10-5-15(6-11-20)22-16-2-1-7-19-12-16/h1-2,7,12,14-15,17-18,21H,3-6,8-11,13H2. The van der Waals surface area contributed by atoms with E-state index in [-0.39, 0.29) is 12.2 Å². The zero-order chi connectivity index (χ0) is 15.2. The Morgan fingerprint density at radius 2 is 2.05 bits per heavy atom. The van der Waals surface area contributed by atoms with Gasteiger partial charge in [0.1, 0.15) is 11.9 Å². The van der Waals surface area contributed by atoms with Crippen LogP contribution in [0.1, 0.15) is 25.7 Å². The van der Waals surface area contributed by atoms with Crippen LogP contribution in [0, 0.1) is 5.92 Å². The maximum atomic E-state index is 10.4. The Kier molecular flexibility index (Phi) is 5.64. The van der Waals surface area contributed by atoms with Gasteiger partial charge in [0.2, 0.25) is 0 Å². The van der Waals surface area contributed by atoms with E-state index in [1.54, 1.807) is 12.4 Å². The van der Waals surface area contributed by atoms with Crippen LogP contribution in [0.2, 0.25) is 0 Å². The highest BCUT2D eigenvalue weighted by Crippen LogP contribution is 2.21. The second-order valence-corrected chi connectivity index (χ2v) is 6.46. The van der Waals surface area contributed by atoms with Crippen molar-refractivity contribution in [2.45, 2.75) is 37.9 Å². The molecule has 2 N–H and O–H groups in total. The highest BCUT2D eigenvalue weighted by Gasteiger charge is 2.26. The molecule has 122 valence electrons. The first-order valence-electron chi connectivity index (χ1n) is 8.49. The first-order valence-corrected chi connectivity index (χ1v) is 8.49. The second kappa shape index (κ2) is 7.90. The Morgan fingerprint density at radius 1 is 1.27 bits per heavy atom. The summed E-state index contributed by atoms with van der Waals surface area (Å²) in [5.74, 6) is 1.32. The minimum atomic E-state index is -0.183. The Hall–Kier alpha value is -1.17. The van der Waals surface area contributed by atoms with Gasteiger partial charge in [-0.05, 0) is 56.8 Å². The van der Waals surface area contributed by atoms with Crippen LogP contribution in [0.25, 0.3) is 0 Å². The lowest BCUT2D eigenvalue weighted by Gasteiger charge is -2.35. The van der Waals surface area contributed by atoms with Crippen molar-refractivity contribution in [3.63, 3.8) is 0 Å². The quantitative estimate of drug-likeness (QED) is 0.858. The van der Waals surface area contributed by atoms with Crippen LogP contribution in [0.3, 0.4) is 0 Å². The number of nitrogens with zero attached hydrogens (tertiary/aromatic N) is 2. The number of piperidine rings is 2. The van der Waals surface area contributed by atoms with Crippen molar-refractivity contribution in [3.05, 3.63) is 24.5 Å². The van der Waals surface area contributed by atoms with Gasteiger partial charge in [-0.3, -0.25) is 4.98 Å². The molecule has 2 aliphatic rings. The Labute approximate surface area is 132 Å². The van der Waals surface area contributed by atoms with E-state index in [0.29, 0.717) is 5.92 Å². The summed E-state index contributed by atoms with van der Waals surface area (Å²) in [6.45, 7) is 4.91. The molecular formula is C17H27N3O2. The molecule has 0 amide bonds. The maximum absolute atomic E-state index is 10.4. The van der Waals surface area contributed by atoms with Crippen molar-refractivity contribution >= 4 is 0 Å². The third-order valence-electron chi connectivity index (χ3n) is 4.84. The van der Waals surface area contributed by atoms with Crippen molar-refractivity contribution in [3.8, 4) is 5.75 Å². The van der Waals surface area contributed by atoms with E-state index in [9.17, 15) is 5.11 Å². The summed E-state index contributed by atoms with van der Waals surface area (Å²) in [6, 6.07) is 3.86. The number of hydrogen-bond donors (Lipinski definition) is 2. The molecule has 5 nitrogen and oxygen atoms in total. The van der Waals surface area contributed by atoms with Crippen LogP contribution in [0.5, 0.6) is 5.75 Å². The molecule has 0 bridgehead atoms. The number of aliphatic hydroxyl groups is 1. The molecule has 1 unspecified atom stereocenters. The monoisotopic (exact) mass is 305 g/mol. The summed E-state index contributed by atoms with van der Waals surface area (Å²) in [6.07, 6.45) is 7.87. The van der Waals surface area contributed by atoms with Gasteiger partial charge < -0.3 is 20.1 Å². The topological polar surface area (TPSA) is 57.6 Å². The second-order valence-electron chi connectivity index (χ2n) is 6.46. The zero-order valence-corrected chi connectivity index (χ0v) is 13.2. The van der Waals surface area contributed by atoms with Crippen molar-refractivity contribution in [1.29, 1.82) is 0 Å². The van der Waals surface area contributed by atoms with Crippen molar-refractivity contribution in [2.75, 3.05) is 32.7 Å². The van der Waals surface area contributed by atoms with Gasteiger partial charge in [0.05, 0.1) is 12.3 Å². The van der Waals surface area contributed by atoms with Crippen LogP contribution >= 0.6 is 0 Å². The molecule has 0 spiro atoms. The molecule has 3 heterocycles. The van der Waals surface area contributed by atoms with Gasteiger partial charge in [0, 0.05) is 25.8 Å². The van der Waals surface area contributed by atoms with Gasteiger partial charge in [-0.2, -0.15) is 0 Å². The molecule has 0 aromatic carbocycles. The lowest BCUT2D eigenvalue weighted by Crippen LogP contribution is -2.45. The summed E-state index contributed by atoms with van der Waals surface area (Å²) in [7, 11) is 0. The average molecular weight is 305 g/mol. The molecule has 0 aliphatic carbocycles. The van der Waals surface area contributed by atoms with Gasteiger partial charge in [-0.15, -0.1) is 0 Å². The number of hydrogen-bond acceptors (Lipinski definition) is 5. The molecule has 1 aromatic heterocycles. The van der Waals surface area contributed by atoms with Crippen molar-refractivity contribution in [2.24, 2.45) is 5.92 Å². The summed E-state index contributed by atoms with van der Waals surface area (Å²) in [5, 5.41) is 13.8. The number of nitrogens with one attached hydrogen (secondary N) is 1. The van der Waals surface area contributed by atoms with E-state index in [4.69, 9.17) is 4.74 Å². The third kappa shape index (κ3) is 4.41. The summed E-state index contributed by atoms with van der Waals surface area (Å²) in [5.41, 5.74) is 0. The van der Waals surface area contributed by atoms with E-state index < -0.39 is 0 Å². The third-order valence-corrected chi connectivity index (χ3v) is 4.84. The molecule has 2 fully saturated rings. The van der Waals surface area contributed by atoms with Crippen molar-refractivity contribution < 1.29 is 9.84 Å². The molecule has 0 saturated carbocycles. The van der Waals surface area contributed by atoms with Gasteiger partial charge >= 0.3 is 0 Å². The van der Waals surface area contributed by atoms with Gasteiger partial charge in [-0.1, -0.05) is 0 Å². The van der Waals surface area contributed by atoms with E-state index in [1.165, 1.54) is 0 Å². The number of rotatable bonds is 5. The smallest absolute Gasteiger partial charge is 0.137 e. The zero-order valence-electron chi connectivity index (χ0n) is 13.2. The number of pyridine rings is 1. The van der Waals surface area contributed by atoms with Crippen LogP contribution in [-0.4, -0.2) is 59.9 Å². The number of aliphatic hydroxyl groups excluding tert-OH is 1. The lowest BCUT2D eigenvalue weighted by atomic mass is 9.91. The first kappa shape index (κ1) is 15.7. The maximum Gasteiger partial charge on any atom is 0.137 e. The molecule has 1 aromatic rings. The number of likely N-dealkylation sites (tertiary alicyclic amines) is 1. The number of β-amino-alcohol motifs (C(OH)–C–C–N with tert-alkyl or cyclic N) is 1. The molecular weight excluding hydrogens is 278 g/mol. The van der Waals surface area contributed by atoms with E-state index in [1.807, 2.05) is 12.1 Å². The molecule has 1 atom stereocenters. The highest BCUT2D eigenvalue weighted by atomic mass is 16.5. The van der Waals surface area contributed by atoms with E-state index >= 15 is 0 Å². The normalized spacial score (nSPS) is 23.3. The molecule has 0 radical (unpaired) electrons. The minimum Gasteiger partial charge on any atom is -0.489 e. The van der Waals surface area contributed by atoms with Crippen LogP contribution in [0.4, 0.5) is 0 Å². The molecule has 2 saturated heterocycles. The Bertz CT molecular complexity index is 429. The summed E-state index contributed by atoms with van der Waals surface area (Å²) >= 11 is 0. The number of aromatic nitrogens is 1. The fourth-order valence-electron chi connectivity index (χ4n) is 3.46. The average Bonchev–Trinajstić information content (AvgIpc) is 2.58. The molecule has 22 heavy (non-hydrogen) atoms. The van der Waals surface area contributed by atoms with Crippen LogP contribution < -0.4 is 10.1 Å². The van der Waals surface area contributed by atoms with Crippen molar-refractivity contribution in [1.82, 2.24) is 15.2 Å². The fourth-order valence-corrected chi connectivity index (χ4v) is 3.46. The van der Waals surface area contributed by atoms with Crippen LogP contribution in [0.15, 0.2) is 24.5 Å². The van der Waals surface area contributed by atoms with E-state index in [2.05, 4.69) is 15.2 Å². The molecule has 2 aliphatic heterocycles. The summed E-state index contributed by atoms with van der Waals surface area (Å²) in [4.78, 5) is 6.47. The SMILES string of the molecule is OC(CN1CCC(Oc2cccnc2)CC1)C1CCNCC1. The van der Waals surface area contributed by atoms with E-state index in [0.717, 1.165) is 64.2 Å². The number of ether oxygens (including phenoxy) is 1. The molecule has 3 rings (SSSR count). The first-order chi connectivity index (χ1) is 10.8. The Morgan fingerprint density at radius 3 is 2.73 bits per heavy atom. The fraction of sp³-hybridized carbons (Fsp3) is 0.706. The largest absolute Gasteiger partial charge is 0.489 e.